The summed E-state index contributed by atoms with van der Waals surface area (Å²) >= 11 is 0. The highest BCUT2D eigenvalue weighted by Gasteiger charge is 2.24. The lowest BCUT2D eigenvalue weighted by molar-refractivity contribution is -0.118. The first-order valence-electron chi connectivity index (χ1n) is 10.2. The van der Waals surface area contributed by atoms with Crippen LogP contribution in [0, 0.1) is 13.8 Å². The van der Waals surface area contributed by atoms with Crippen LogP contribution in [0.15, 0.2) is 41.3 Å². The summed E-state index contributed by atoms with van der Waals surface area (Å²) in [5.41, 5.74) is 4.38. The third-order valence-electron chi connectivity index (χ3n) is 5.61. The number of sulfone groups is 1. The van der Waals surface area contributed by atoms with Gasteiger partial charge in [-0.25, -0.2) is 8.42 Å². The first kappa shape index (κ1) is 22.0. The molecule has 1 aliphatic rings. The monoisotopic (exact) mass is 428 g/mol. The van der Waals surface area contributed by atoms with Gasteiger partial charge in [0.05, 0.1) is 10.6 Å². The van der Waals surface area contributed by atoms with Crippen LogP contribution in [0.25, 0.3) is 0 Å². The maximum Gasteiger partial charge on any atom is 0.226 e. The number of carbonyl (C=O) groups is 2. The van der Waals surface area contributed by atoms with Crippen molar-refractivity contribution in [2.45, 2.75) is 51.3 Å². The molecule has 0 saturated carbocycles. The predicted octanol–water partition coefficient (Wildman–Crippen LogP) is 3.80. The molecule has 0 atom stereocenters. The number of benzene rings is 2. The van der Waals surface area contributed by atoms with Gasteiger partial charge in [0.1, 0.15) is 0 Å². The van der Waals surface area contributed by atoms with Gasteiger partial charge in [-0.15, -0.1) is 0 Å². The molecule has 160 valence electrons. The molecule has 1 heterocycles. The van der Waals surface area contributed by atoms with Gasteiger partial charge in [0.25, 0.3) is 0 Å². The fraction of sp³-hybridized carbons (Fsp3) is 0.391. The number of hydrogen-bond acceptors (Lipinski definition) is 4. The van der Waals surface area contributed by atoms with E-state index in [4.69, 9.17) is 0 Å². The smallest absolute Gasteiger partial charge is 0.226 e. The van der Waals surface area contributed by atoms with Gasteiger partial charge in [-0.3, -0.25) is 9.59 Å². The Morgan fingerprint density at radius 1 is 1.13 bits per heavy atom. The Hall–Kier alpha value is -2.67. The number of fused-ring (bicyclic) bond motifs is 1. The van der Waals surface area contributed by atoms with Crippen molar-refractivity contribution in [2.75, 3.05) is 22.5 Å². The summed E-state index contributed by atoms with van der Waals surface area (Å²) in [5.74, 6) is -0.556. The number of aryl methyl sites for hydroxylation is 2. The first-order chi connectivity index (χ1) is 14.2. The van der Waals surface area contributed by atoms with Crippen molar-refractivity contribution in [1.82, 2.24) is 0 Å². The molecule has 2 aromatic carbocycles. The standard InChI is InChI=1S/C23H28N2O4S/c1-4-23(27)25-13-6-8-18-15-19(10-11-21(18)25)30(28,29)14-12-22(26)24-20-9-5-7-16(2)17(20)3/h5,7,9-11,15H,4,6,8,12-14H2,1-3H3,(H,24,26). The van der Waals surface area contributed by atoms with E-state index < -0.39 is 9.84 Å². The maximum atomic E-state index is 12.8. The van der Waals surface area contributed by atoms with E-state index in [2.05, 4.69) is 5.32 Å². The number of hydrogen-bond donors (Lipinski definition) is 1. The van der Waals surface area contributed by atoms with Crippen molar-refractivity contribution in [1.29, 1.82) is 0 Å². The molecule has 7 heteroatoms. The van der Waals surface area contributed by atoms with Crippen molar-refractivity contribution in [2.24, 2.45) is 0 Å². The van der Waals surface area contributed by atoms with Crippen LogP contribution in [0.5, 0.6) is 0 Å². The molecule has 1 N–H and O–H groups in total. The van der Waals surface area contributed by atoms with Crippen LogP contribution in [0.1, 0.15) is 42.9 Å². The van der Waals surface area contributed by atoms with Crippen molar-refractivity contribution in [3.8, 4) is 0 Å². The molecule has 0 aromatic heterocycles. The molecule has 0 unspecified atom stereocenters. The molecule has 0 spiro atoms. The molecule has 2 aromatic rings. The third-order valence-corrected chi connectivity index (χ3v) is 7.32. The minimum absolute atomic E-state index is 0.0367. The lowest BCUT2D eigenvalue weighted by Crippen LogP contribution is -2.35. The van der Waals surface area contributed by atoms with E-state index in [0.29, 0.717) is 18.7 Å². The van der Waals surface area contributed by atoms with Gasteiger partial charge in [-0.2, -0.15) is 0 Å². The summed E-state index contributed by atoms with van der Waals surface area (Å²) < 4.78 is 25.6. The number of nitrogens with zero attached hydrogens (tertiary/aromatic N) is 1. The van der Waals surface area contributed by atoms with Crippen molar-refractivity contribution < 1.29 is 18.0 Å². The lowest BCUT2D eigenvalue weighted by atomic mass is 10.0. The fourth-order valence-electron chi connectivity index (χ4n) is 3.66. The van der Waals surface area contributed by atoms with Crippen LogP contribution >= 0.6 is 0 Å². The highest BCUT2D eigenvalue weighted by molar-refractivity contribution is 7.91. The summed E-state index contributed by atoms with van der Waals surface area (Å²) in [6.45, 7) is 6.35. The molecule has 1 aliphatic heterocycles. The van der Waals surface area contributed by atoms with E-state index in [0.717, 1.165) is 35.2 Å². The summed E-state index contributed by atoms with van der Waals surface area (Å²) in [7, 11) is -3.61. The first-order valence-corrected chi connectivity index (χ1v) is 11.9. The molecular formula is C23H28N2O4S. The van der Waals surface area contributed by atoms with E-state index in [9.17, 15) is 18.0 Å². The number of rotatable bonds is 6. The van der Waals surface area contributed by atoms with Crippen LogP contribution in [0.4, 0.5) is 11.4 Å². The van der Waals surface area contributed by atoms with Crippen LogP contribution in [-0.2, 0) is 25.8 Å². The van der Waals surface area contributed by atoms with Gasteiger partial charge in [0.15, 0.2) is 9.84 Å². The van der Waals surface area contributed by atoms with Gasteiger partial charge in [0.2, 0.25) is 11.8 Å². The van der Waals surface area contributed by atoms with Crippen molar-refractivity contribution in [3.05, 3.63) is 53.1 Å². The molecule has 0 aliphatic carbocycles. The Balaban J connectivity index is 1.71. The van der Waals surface area contributed by atoms with Gasteiger partial charge in [-0.1, -0.05) is 19.1 Å². The molecule has 0 fully saturated rings. The number of amides is 2. The Bertz CT molecular complexity index is 1080. The fourth-order valence-corrected chi connectivity index (χ4v) is 4.95. The second kappa shape index (κ2) is 9.00. The van der Waals surface area contributed by atoms with Crippen molar-refractivity contribution in [3.63, 3.8) is 0 Å². The number of nitrogens with one attached hydrogen (secondary N) is 1. The molecule has 2 amide bonds. The van der Waals surface area contributed by atoms with E-state index in [1.165, 1.54) is 6.07 Å². The zero-order chi connectivity index (χ0) is 21.9. The molecule has 0 bridgehead atoms. The molecule has 3 rings (SSSR count). The van der Waals surface area contributed by atoms with Gasteiger partial charge < -0.3 is 10.2 Å². The molecular weight excluding hydrogens is 400 g/mol. The summed E-state index contributed by atoms with van der Waals surface area (Å²) in [6.07, 6.45) is 1.84. The second-order valence-corrected chi connectivity index (χ2v) is 9.77. The molecule has 30 heavy (non-hydrogen) atoms. The van der Waals surface area contributed by atoms with Crippen LogP contribution < -0.4 is 10.2 Å². The van der Waals surface area contributed by atoms with Gasteiger partial charge in [-0.05, 0) is 67.6 Å². The second-order valence-electron chi connectivity index (χ2n) is 7.66. The van der Waals surface area contributed by atoms with E-state index in [-0.39, 0.29) is 28.9 Å². The predicted molar refractivity (Wildman–Crippen MR) is 119 cm³/mol. The Morgan fingerprint density at radius 2 is 1.90 bits per heavy atom. The zero-order valence-corrected chi connectivity index (χ0v) is 18.5. The quantitative estimate of drug-likeness (QED) is 0.759. The minimum Gasteiger partial charge on any atom is -0.326 e. The SMILES string of the molecule is CCC(=O)N1CCCc2cc(S(=O)(=O)CCC(=O)Nc3cccc(C)c3C)ccc21. The van der Waals surface area contributed by atoms with Crippen LogP contribution in [0.2, 0.25) is 0 Å². The van der Waals surface area contributed by atoms with Gasteiger partial charge in [0, 0.05) is 30.8 Å². The largest absolute Gasteiger partial charge is 0.326 e. The van der Waals surface area contributed by atoms with Crippen LogP contribution in [0.3, 0.4) is 0 Å². The number of anilines is 2. The average Bonchev–Trinajstić information content (AvgIpc) is 2.74. The van der Waals surface area contributed by atoms with E-state index in [1.54, 1.807) is 17.0 Å². The topological polar surface area (TPSA) is 83.6 Å². The maximum absolute atomic E-state index is 12.8. The van der Waals surface area contributed by atoms with E-state index in [1.807, 2.05) is 39.0 Å². The van der Waals surface area contributed by atoms with E-state index >= 15 is 0 Å². The normalized spacial score (nSPS) is 13.6. The van der Waals surface area contributed by atoms with Crippen LogP contribution in [-0.4, -0.2) is 32.5 Å². The highest BCUT2D eigenvalue weighted by atomic mass is 32.2. The zero-order valence-electron chi connectivity index (χ0n) is 17.7. The molecule has 0 radical (unpaired) electrons. The lowest BCUT2D eigenvalue weighted by Gasteiger charge is -2.29. The van der Waals surface area contributed by atoms with Gasteiger partial charge >= 0.3 is 0 Å². The Labute approximate surface area is 178 Å². The van der Waals surface area contributed by atoms with Crippen molar-refractivity contribution >= 4 is 33.0 Å². The summed E-state index contributed by atoms with van der Waals surface area (Å²) in [4.78, 5) is 26.4. The molecule has 0 saturated heterocycles. The summed E-state index contributed by atoms with van der Waals surface area (Å²) in [5, 5.41) is 2.80. The number of carbonyl (C=O) groups excluding carboxylic acids is 2. The summed E-state index contributed by atoms with van der Waals surface area (Å²) in [6, 6.07) is 10.5. The highest BCUT2D eigenvalue weighted by Crippen LogP contribution is 2.30. The third kappa shape index (κ3) is 4.73. The Kier molecular flexibility index (Phi) is 6.61. The minimum atomic E-state index is -3.61. The average molecular weight is 429 g/mol. The Morgan fingerprint density at radius 3 is 2.63 bits per heavy atom. The molecule has 6 nitrogen and oxygen atoms in total.